The number of hydrogen-bond donors (Lipinski definition) is 1. The predicted octanol–water partition coefficient (Wildman–Crippen LogP) is 4.14. The van der Waals surface area contributed by atoms with Crippen molar-refractivity contribution in [2.75, 3.05) is 6.61 Å². The van der Waals surface area contributed by atoms with Gasteiger partial charge in [0.15, 0.2) is 5.78 Å². The molecular weight excluding hydrogens is 352 g/mol. The number of ether oxygens (including phenoxy) is 1. The fraction of sp³-hybridized carbons (Fsp3) is 0.261. The highest BCUT2D eigenvalue weighted by Crippen LogP contribution is 2.22. The van der Waals surface area contributed by atoms with Crippen LogP contribution >= 0.6 is 0 Å². The summed E-state index contributed by atoms with van der Waals surface area (Å²) in [6.45, 7) is 4.44. The van der Waals surface area contributed by atoms with Gasteiger partial charge in [0.25, 0.3) is 5.56 Å². The Morgan fingerprint density at radius 1 is 1.07 bits per heavy atom. The largest absolute Gasteiger partial charge is 0.493 e. The lowest BCUT2D eigenvalue weighted by atomic mass is 10.0. The van der Waals surface area contributed by atoms with Gasteiger partial charge in [0.2, 0.25) is 0 Å². The highest BCUT2D eigenvalue weighted by molar-refractivity contribution is 6.10. The Hall–Kier alpha value is -3.21. The average Bonchev–Trinajstić information content (AvgIpc) is 2.71. The Morgan fingerprint density at radius 3 is 2.54 bits per heavy atom. The minimum absolute atomic E-state index is 0.0631. The van der Waals surface area contributed by atoms with E-state index in [4.69, 9.17) is 4.74 Å². The first-order chi connectivity index (χ1) is 13.5. The molecule has 5 nitrogen and oxygen atoms in total. The second-order valence-electron chi connectivity index (χ2n) is 6.91. The zero-order valence-electron chi connectivity index (χ0n) is 16.1. The van der Waals surface area contributed by atoms with Crippen LogP contribution in [0.5, 0.6) is 5.75 Å². The monoisotopic (exact) mass is 376 g/mol. The molecule has 0 atom stereocenters. The molecule has 5 heteroatoms. The van der Waals surface area contributed by atoms with E-state index < -0.39 is 0 Å². The molecule has 0 fully saturated rings. The molecule has 0 radical (unpaired) electrons. The van der Waals surface area contributed by atoms with Gasteiger partial charge in [-0.2, -0.15) is 0 Å². The molecule has 0 saturated carbocycles. The Morgan fingerprint density at radius 2 is 1.79 bits per heavy atom. The maximum atomic E-state index is 12.7. The minimum atomic E-state index is -0.131. The van der Waals surface area contributed by atoms with Crippen molar-refractivity contribution in [2.45, 2.75) is 32.6 Å². The molecule has 0 aliphatic heterocycles. The second-order valence-corrected chi connectivity index (χ2v) is 6.91. The number of aromatic amines is 1. The molecule has 0 unspecified atom stereocenters. The number of aromatic nitrogens is 2. The molecule has 0 spiro atoms. The second kappa shape index (κ2) is 9.13. The highest BCUT2D eigenvalue weighted by Gasteiger charge is 2.14. The van der Waals surface area contributed by atoms with E-state index >= 15 is 0 Å². The predicted molar refractivity (Wildman–Crippen MR) is 109 cm³/mol. The van der Waals surface area contributed by atoms with Crippen molar-refractivity contribution in [1.29, 1.82) is 0 Å². The molecule has 1 N–H and O–H groups in total. The molecule has 0 saturated heterocycles. The quantitative estimate of drug-likeness (QED) is 0.474. The molecule has 28 heavy (non-hydrogen) atoms. The van der Waals surface area contributed by atoms with Crippen molar-refractivity contribution in [3.63, 3.8) is 0 Å². The van der Waals surface area contributed by atoms with E-state index in [2.05, 4.69) is 9.97 Å². The maximum absolute atomic E-state index is 12.7. The van der Waals surface area contributed by atoms with Crippen LogP contribution < -0.4 is 10.3 Å². The van der Waals surface area contributed by atoms with Gasteiger partial charge in [0, 0.05) is 18.1 Å². The zero-order chi connectivity index (χ0) is 19.9. The summed E-state index contributed by atoms with van der Waals surface area (Å²) in [5.41, 5.74) is 1.83. The normalized spacial score (nSPS) is 10.8. The van der Waals surface area contributed by atoms with Crippen LogP contribution in [0.25, 0.3) is 0 Å². The number of ketones is 1. The topological polar surface area (TPSA) is 72.1 Å². The Bertz CT molecular complexity index is 994. The van der Waals surface area contributed by atoms with Gasteiger partial charge < -0.3 is 9.72 Å². The van der Waals surface area contributed by atoms with Crippen molar-refractivity contribution in [2.24, 2.45) is 0 Å². The molecule has 1 aromatic heterocycles. The van der Waals surface area contributed by atoms with Gasteiger partial charge in [-0.15, -0.1) is 0 Å². The van der Waals surface area contributed by atoms with Gasteiger partial charge in [0.1, 0.15) is 11.6 Å². The summed E-state index contributed by atoms with van der Waals surface area (Å²) in [5, 5.41) is 0. The van der Waals surface area contributed by atoms with Crippen LogP contribution in [-0.4, -0.2) is 22.4 Å². The van der Waals surface area contributed by atoms with Gasteiger partial charge in [-0.3, -0.25) is 9.59 Å². The molecule has 0 aliphatic rings. The van der Waals surface area contributed by atoms with Gasteiger partial charge >= 0.3 is 0 Å². The van der Waals surface area contributed by atoms with Crippen LogP contribution in [0.1, 0.15) is 53.6 Å². The third kappa shape index (κ3) is 4.94. The van der Waals surface area contributed by atoms with E-state index in [-0.39, 0.29) is 17.3 Å². The molecule has 144 valence electrons. The molecule has 0 amide bonds. The SMILES string of the molecule is CC(C)c1cc(=O)[nH]c(CCCOc2ccccc2C(=O)c2ccccc2)n1. The number of benzene rings is 2. The van der Waals surface area contributed by atoms with Crippen LogP contribution in [0, 0.1) is 0 Å². The lowest BCUT2D eigenvalue weighted by Gasteiger charge is -2.11. The first-order valence-electron chi connectivity index (χ1n) is 9.46. The van der Waals surface area contributed by atoms with Crippen molar-refractivity contribution in [3.05, 3.63) is 93.7 Å². The summed E-state index contributed by atoms with van der Waals surface area (Å²) in [7, 11) is 0. The van der Waals surface area contributed by atoms with Crippen molar-refractivity contribution in [3.8, 4) is 5.75 Å². The first kappa shape index (κ1) is 19.5. The summed E-state index contributed by atoms with van der Waals surface area (Å²) in [6, 6.07) is 17.9. The van der Waals surface area contributed by atoms with Crippen molar-refractivity contribution >= 4 is 5.78 Å². The van der Waals surface area contributed by atoms with Crippen molar-refractivity contribution < 1.29 is 9.53 Å². The van der Waals surface area contributed by atoms with Gasteiger partial charge in [0.05, 0.1) is 17.9 Å². The lowest BCUT2D eigenvalue weighted by Crippen LogP contribution is -2.14. The summed E-state index contributed by atoms with van der Waals surface area (Å²) in [6.07, 6.45) is 1.28. The maximum Gasteiger partial charge on any atom is 0.251 e. The summed E-state index contributed by atoms with van der Waals surface area (Å²) < 4.78 is 5.87. The molecule has 0 bridgehead atoms. The van der Waals surface area contributed by atoms with Gasteiger partial charge in [-0.1, -0.05) is 56.3 Å². The third-order valence-electron chi connectivity index (χ3n) is 4.39. The highest BCUT2D eigenvalue weighted by atomic mass is 16.5. The Balaban J connectivity index is 1.63. The summed E-state index contributed by atoms with van der Waals surface area (Å²) >= 11 is 0. The number of nitrogens with zero attached hydrogens (tertiary/aromatic N) is 1. The zero-order valence-corrected chi connectivity index (χ0v) is 16.1. The van der Waals surface area contributed by atoms with Crippen LogP contribution in [-0.2, 0) is 6.42 Å². The number of rotatable bonds is 8. The minimum Gasteiger partial charge on any atom is -0.493 e. The van der Waals surface area contributed by atoms with Crippen LogP contribution in [0.2, 0.25) is 0 Å². The average molecular weight is 376 g/mol. The summed E-state index contributed by atoms with van der Waals surface area (Å²) in [4.78, 5) is 31.8. The van der Waals surface area contributed by atoms with E-state index in [9.17, 15) is 9.59 Å². The van der Waals surface area contributed by atoms with Crippen LogP contribution in [0.15, 0.2) is 65.5 Å². The molecular formula is C23H24N2O3. The van der Waals surface area contributed by atoms with Crippen LogP contribution in [0.3, 0.4) is 0 Å². The van der Waals surface area contributed by atoms with E-state index in [0.29, 0.717) is 42.1 Å². The number of aryl methyl sites for hydroxylation is 1. The number of hydrogen-bond acceptors (Lipinski definition) is 4. The van der Waals surface area contributed by atoms with E-state index in [1.54, 1.807) is 24.3 Å². The smallest absolute Gasteiger partial charge is 0.251 e. The molecule has 3 rings (SSSR count). The fourth-order valence-corrected chi connectivity index (χ4v) is 2.89. The standard InChI is InChI=1S/C23H24N2O3/c1-16(2)19-15-22(26)25-21(24-19)13-8-14-28-20-12-7-6-11-18(20)23(27)17-9-4-3-5-10-17/h3-7,9-12,15-16H,8,13-14H2,1-2H3,(H,24,25,26). The first-order valence-corrected chi connectivity index (χ1v) is 9.46. The number of nitrogens with one attached hydrogen (secondary N) is 1. The Labute approximate surface area is 164 Å². The van der Waals surface area contributed by atoms with E-state index in [1.807, 2.05) is 44.2 Å². The van der Waals surface area contributed by atoms with E-state index in [0.717, 1.165) is 5.69 Å². The molecule has 0 aliphatic carbocycles. The molecule has 1 heterocycles. The number of para-hydroxylation sites is 1. The number of carbonyl (C=O) groups excluding carboxylic acids is 1. The lowest BCUT2D eigenvalue weighted by molar-refractivity contribution is 0.103. The molecule has 2 aromatic carbocycles. The Kier molecular flexibility index (Phi) is 6.37. The summed E-state index contributed by atoms with van der Waals surface area (Å²) in [5.74, 6) is 1.36. The number of H-pyrrole nitrogens is 1. The van der Waals surface area contributed by atoms with E-state index in [1.165, 1.54) is 6.07 Å². The molecule has 3 aromatic rings. The van der Waals surface area contributed by atoms with Gasteiger partial charge in [-0.25, -0.2) is 4.98 Å². The van der Waals surface area contributed by atoms with Gasteiger partial charge in [-0.05, 0) is 24.5 Å². The van der Waals surface area contributed by atoms with Crippen molar-refractivity contribution in [1.82, 2.24) is 9.97 Å². The van der Waals surface area contributed by atoms with Crippen LogP contribution in [0.4, 0.5) is 0 Å². The number of carbonyl (C=O) groups is 1. The fourth-order valence-electron chi connectivity index (χ4n) is 2.89. The third-order valence-corrected chi connectivity index (χ3v) is 4.39.